The van der Waals surface area contributed by atoms with Gasteiger partial charge in [-0.2, -0.15) is 4.98 Å². The molecule has 25 heavy (non-hydrogen) atoms. The number of anilines is 1. The van der Waals surface area contributed by atoms with Crippen molar-refractivity contribution >= 4 is 16.9 Å². The minimum Gasteiger partial charge on any atom is -0.383 e. The van der Waals surface area contributed by atoms with E-state index in [0.29, 0.717) is 11.5 Å². The zero-order valence-corrected chi connectivity index (χ0v) is 13.0. The van der Waals surface area contributed by atoms with Crippen LogP contribution >= 0.6 is 0 Å². The van der Waals surface area contributed by atoms with Gasteiger partial charge >= 0.3 is 5.69 Å². The first-order valence-corrected chi connectivity index (χ1v) is 7.58. The van der Waals surface area contributed by atoms with Gasteiger partial charge in [0.25, 0.3) is 5.56 Å². The molecule has 0 fully saturated rings. The molecular formula is C18H13N5O2. The van der Waals surface area contributed by atoms with Crippen molar-refractivity contribution in [3.8, 4) is 17.1 Å². The fraction of sp³-hybridized carbons (Fsp3) is 0. The molecule has 2 aromatic carbocycles. The van der Waals surface area contributed by atoms with Crippen molar-refractivity contribution in [2.75, 3.05) is 5.73 Å². The van der Waals surface area contributed by atoms with Crippen LogP contribution in [0.4, 0.5) is 5.82 Å². The maximum Gasteiger partial charge on any atom is 0.354 e. The summed E-state index contributed by atoms with van der Waals surface area (Å²) >= 11 is 0. The zero-order valence-electron chi connectivity index (χ0n) is 13.0. The zero-order chi connectivity index (χ0) is 17.4. The second-order valence-corrected chi connectivity index (χ2v) is 5.43. The molecule has 0 amide bonds. The van der Waals surface area contributed by atoms with Gasteiger partial charge in [-0.05, 0) is 12.1 Å². The number of nitrogens with zero attached hydrogens (tertiary/aromatic N) is 3. The van der Waals surface area contributed by atoms with Crippen LogP contribution in [0.2, 0.25) is 0 Å². The number of nitrogens with one attached hydrogen (secondary N) is 1. The number of hydrogen-bond acceptors (Lipinski definition) is 5. The number of para-hydroxylation sites is 1. The lowest BCUT2D eigenvalue weighted by Gasteiger charge is -2.11. The van der Waals surface area contributed by atoms with Gasteiger partial charge in [-0.1, -0.05) is 48.5 Å². The summed E-state index contributed by atoms with van der Waals surface area (Å²) in [6.07, 6.45) is 0. The van der Waals surface area contributed by atoms with E-state index in [0.717, 1.165) is 5.56 Å². The molecule has 0 radical (unpaired) electrons. The standard InChI is InChI=1S/C18H13N5O2/c19-15-13-14(21-18(25)23(15)12-9-5-2-6-10-12)17(24)22-16(20-13)11-7-3-1-4-8-11/h1-10H,19H2,(H,20,22,24). The molecule has 7 nitrogen and oxygen atoms in total. The molecule has 4 rings (SSSR count). The topological polar surface area (TPSA) is 107 Å². The van der Waals surface area contributed by atoms with Gasteiger partial charge in [-0.3, -0.25) is 4.79 Å². The van der Waals surface area contributed by atoms with Gasteiger partial charge in [0.05, 0.1) is 5.69 Å². The largest absolute Gasteiger partial charge is 0.383 e. The number of fused-ring (bicyclic) bond motifs is 1. The van der Waals surface area contributed by atoms with E-state index in [1.165, 1.54) is 4.57 Å². The van der Waals surface area contributed by atoms with Gasteiger partial charge in [0.1, 0.15) is 17.2 Å². The van der Waals surface area contributed by atoms with Crippen molar-refractivity contribution in [1.29, 1.82) is 0 Å². The van der Waals surface area contributed by atoms with Crippen LogP contribution in [0.1, 0.15) is 0 Å². The van der Waals surface area contributed by atoms with E-state index in [9.17, 15) is 9.59 Å². The highest BCUT2D eigenvalue weighted by atomic mass is 16.1. The van der Waals surface area contributed by atoms with Crippen molar-refractivity contribution in [1.82, 2.24) is 19.5 Å². The molecular weight excluding hydrogens is 318 g/mol. The monoisotopic (exact) mass is 331 g/mol. The molecule has 2 heterocycles. The summed E-state index contributed by atoms with van der Waals surface area (Å²) in [7, 11) is 0. The average Bonchev–Trinajstić information content (AvgIpc) is 2.64. The Morgan fingerprint density at radius 1 is 0.840 bits per heavy atom. The number of aromatic nitrogens is 4. The van der Waals surface area contributed by atoms with Crippen molar-refractivity contribution in [3.05, 3.63) is 81.5 Å². The van der Waals surface area contributed by atoms with E-state index in [1.54, 1.807) is 24.3 Å². The van der Waals surface area contributed by atoms with Crippen molar-refractivity contribution < 1.29 is 0 Å². The highest BCUT2D eigenvalue weighted by Gasteiger charge is 2.15. The van der Waals surface area contributed by atoms with Gasteiger partial charge < -0.3 is 10.7 Å². The van der Waals surface area contributed by atoms with Crippen molar-refractivity contribution in [2.24, 2.45) is 0 Å². The average molecular weight is 331 g/mol. The van der Waals surface area contributed by atoms with Gasteiger partial charge in [-0.25, -0.2) is 14.3 Å². The van der Waals surface area contributed by atoms with E-state index < -0.39 is 11.2 Å². The van der Waals surface area contributed by atoms with Crippen LogP contribution in [-0.2, 0) is 0 Å². The lowest BCUT2D eigenvalue weighted by Crippen LogP contribution is -2.27. The first kappa shape index (κ1) is 14.8. The highest BCUT2D eigenvalue weighted by Crippen LogP contribution is 2.19. The summed E-state index contributed by atoms with van der Waals surface area (Å²) in [4.78, 5) is 35.7. The Balaban J connectivity index is 2.06. The number of nitrogen functional groups attached to an aromatic ring is 1. The summed E-state index contributed by atoms with van der Waals surface area (Å²) in [6.45, 7) is 0. The lowest BCUT2D eigenvalue weighted by molar-refractivity contribution is 0.938. The molecule has 0 bridgehead atoms. The van der Waals surface area contributed by atoms with Crippen LogP contribution in [0.25, 0.3) is 28.1 Å². The molecule has 0 atom stereocenters. The maximum atomic E-state index is 12.4. The number of nitrogens with two attached hydrogens (primary N) is 1. The third kappa shape index (κ3) is 2.47. The van der Waals surface area contributed by atoms with Crippen LogP contribution < -0.4 is 17.0 Å². The van der Waals surface area contributed by atoms with Crippen molar-refractivity contribution in [2.45, 2.75) is 0 Å². The normalized spacial score (nSPS) is 10.9. The molecule has 3 N–H and O–H groups in total. The summed E-state index contributed by atoms with van der Waals surface area (Å²) < 4.78 is 1.24. The first-order valence-electron chi connectivity index (χ1n) is 7.58. The Labute approximate surface area is 141 Å². The molecule has 0 saturated heterocycles. The number of rotatable bonds is 2. The maximum absolute atomic E-state index is 12.4. The summed E-state index contributed by atoms with van der Waals surface area (Å²) in [6, 6.07) is 18.0. The van der Waals surface area contributed by atoms with Crippen LogP contribution in [0.15, 0.2) is 70.3 Å². The molecule has 0 aliphatic carbocycles. The van der Waals surface area contributed by atoms with E-state index in [4.69, 9.17) is 5.73 Å². The molecule has 0 unspecified atom stereocenters. The number of H-pyrrole nitrogens is 1. The third-order valence-electron chi connectivity index (χ3n) is 3.84. The predicted molar refractivity (Wildman–Crippen MR) is 95.6 cm³/mol. The predicted octanol–water partition coefficient (Wildman–Crippen LogP) is 1.72. The second kappa shape index (κ2) is 5.72. The molecule has 2 aromatic heterocycles. The Morgan fingerprint density at radius 2 is 1.48 bits per heavy atom. The number of benzene rings is 2. The first-order chi connectivity index (χ1) is 12.1. The second-order valence-electron chi connectivity index (χ2n) is 5.43. The Morgan fingerprint density at radius 3 is 2.16 bits per heavy atom. The molecule has 0 aliphatic rings. The summed E-state index contributed by atoms with van der Waals surface area (Å²) in [5, 5.41) is 0. The molecule has 122 valence electrons. The SMILES string of the molecule is Nc1c2nc(-c3ccccc3)[nH]c(=O)c2nc(=O)n1-c1ccccc1. The molecule has 0 spiro atoms. The van der Waals surface area contributed by atoms with E-state index in [-0.39, 0.29) is 16.9 Å². The Kier molecular flexibility index (Phi) is 3.39. The Bertz CT molecular complexity index is 1180. The van der Waals surface area contributed by atoms with Gasteiger partial charge in [0, 0.05) is 5.56 Å². The highest BCUT2D eigenvalue weighted by molar-refractivity contribution is 5.85. The number of hydrogen-bond donors (Lipinski definition) is 2. The Hall–Kier alpha value is -3.74. The number of aromatic amines is 1. The van der Waals surface area contributed by atoms with E-state index >= 15 is 0 Å². The summed E-state index contributed by atoms with van der Waals surface area (Å²) in [5.41, 5.74) is 6.44. The van der Waals surface area contributed by atoms with Gasteiger partial charge in [0.15, 0.2) is 5.52 Å². The van der Waals surface area contributed by atoms with Gasteiger partial charge in [0.2, 0.25) is 0 Å². The van der Waals surface area contributed by atoms with Crippen LogP contribution in [0.5, 0.6) is 0 Å². The molecule has 7 heteroatoms. The van der Waals surface area contributed by atoms with Crippen LogP contribution in [0.3, 0.4) is 0 Å². The lowest BCUT2D eigenvalue weighted by atomic mass is 10.2. The summed E-state index contributed by atoms with van der Waals surface area (Å²) in [5.74, 6) is 0.439. The minimum atomic E-state index is -0.629. The molecule has 4 aromatic rings. The minimum absolute atomic E-state index is 0.0736. The van der Waals surface area contributed by atoms with E-state index in [2.05, 4.69) is 15.0 Å². The van der Waals surface area contributed by atoms with Crippen molar-refractivity contribution in [3.63, 3.8) is 0 Å². The molecule has 0 saturated carbocycles. The third-order valence-corrected chi connectivity index (χ3v) is 3.84. The van der Waals surface area contributed by atoms with Crippen LogP contribution in [-0.4, -0.2) is 19.5 Å². The fourth-order valence-electron chi connectivity index (χ4n) is 2.66. The van der Waals surface area contributed by atoms with Gasteiger partial charge in [-0.15, -0.1) is 0 Å². The fourth-order valence-corrected chi connectivity index (χ4v) is 2.66. The van der Waals surface area contributed by atoms with E-state index in [1.807, 2.05) is 36.4 Å². The van der Waals surface area contributed by atoms with Crippen LogP contribution in [0, 0.1) is 0 Å². The smallest absolute Gasteiger partial charge is 0.354 e. The molecule has 0 aliphatic heterocycles. The quantitative estimate of drug-likeness (QED) is 0.581.